The number of nitrogens with two attached hydrogens (primary N) is 1. The summed E-state index contributed by atoms with van der Waals surface area (Å²) < 4.78 is 5.79. The summed E-state index contributed by atoms with van der Waals surface area (Å²) in [4.78, 5) is 40.6. The van der Waals surface area contributed by atoms with E-state index in [2.05, 4.69) is 4.98 Å². The molecule has 0 aliphatic rings. The number of carbonyl (C=O) groups excluding carboxylic acids is 3. The molecule has 2 aromatic heterocycles. The van der Waals surface area contributed by atoms with E-state index in [1.807, 2.05) is 11.4 Å². The van der Waals surface area contributed by atoms with Crippen LogP contribution in [-0.2, 0) is 9.53 Å². The van der Waals surface area contributed by atoms with E-state index < -0.39 is 24.0 Å². The molecule has 0 aliphatic carbocycles. The second-order valence-electron chi connectivity index (χ2n) is 5.58. The van der Waals surface area contributed by atoms with Gasteiger partial charge in [-0.2, -0.15) is 0 Å². The lowest BCUT2D eigenvalue weighted by Crippen LogP contribution is -2.42. The molecule has 0 saturated carbocycles. The average molecular weight is 404 g/mol. The fraction of sp³-hybridized carbons (Fsp3) is 0.111. The van der Waals surface area contributed by atoms with Gasteiger partial charge in [-0.15, -0.1) is 11.3 Å². The molecule has 3 rings (SSSR count). The van der Waals surface area contributed by atoms with Gasteiger partial charge in [0.15, 0.2) is 6.10 Å². The number of urea groups is 1. The number of benzene rings is 1. The van der Waals surface area contributed by atoms with Crippen LogP contribution in [0.2, 0.25) is 4.34 Å². The lowest BCUT2D eigenvalue weighted by Gasteiger charge is -2.13. The highest BCUT2D eigenvalue weighted by molar-refractivity contribution is 7.19. The lowest BCUT2D eigenvalue weighted by atomic mass is 10.1. The number of nitrogens with zero attached hydrogens (tertiary/aromatic N) is 1. The molecule has 0 fully saturated rings. The molecule has 0 saturated heterocycles. The minimum atomic E-state index is -1.20. The molecule has 0 aliphatic heterocycles. The maximum atomic E-state index is 12.7. The zero-order valence-electron chi connectivity index (χ0n) is 14.1. The summed E-state index contributed by atoms with van der Waals surface area (Å²) in [6, 6.07) is 11.2. The minimum absolute atomic E-state index is 0.249. The third-order valence-corrected chi connectivity index (χ3v) is 4.91. The standard InChI is InChI=1S/C18H14ClN3O4S/c1-9(16(23)22-18(20)25)26-17(24)11-8-13(14-6-7-15(19)27-14)21-12-5-3-2-4-10(11)12/h2-9H,1H3,(H3,20,22,23,25). The molecule has 1 atom stereocenters. The normalized spacial score (nSPS) is 11.8. The number of rotatable bonds is 4. The summed E-state index contributed by atoms with van der Waals surface area (Å²) in [5, 5.41) is 2.45. The van der Waals surface area contributed by atoms with Crippen LogP contribution in [0.4, 0.5) is 4.79 Å². The first-order valence-electron chi connectivity index (χ1n) is 7.82. The van der Waals surface area contributed by atoms with E-state index in [4.69, 9.17) is 22.1 Å². The van der Waals surface area contributed by atoms with E-state index >= 15 is 0 Å². The SMILES string of the molecule is CC(OC(=O)c1cc(-c2ccc(Cl)s2)nc2ccccc12)C(=O)NC(N)=O. The third kappa shape index (κ3) is 4.24. The smallest absolute Gasteiger partial charge is 0.339 e. The number of halogens is 1. The first-order chi connectivity index (χ1) is 12.8. The predicted molar refractivity (Wildman–Crippen MR) is 103 cm³/mol. The number of imide groups is 1. The van der Waals surface area contributed by atoms with Crippen molar-refractivity contribution in [1.29, 1.82) is 0 Å². The highest BCUT2D eigenvalue weighted by atomic mass is 35.5. The molecule has 7 nitrogen and oxygen atoms in total. The molecule has 0 radical (unpaired) electrons. The third-order valence-electron chi connectivity index (χ3n) is 3.66. The zero-order valence-corrected chi connectivity index (χ0v) is 15.6. The number of ether oxygens (including phenoxy) is 1. The Labute approximate surface area is 163 Å². The van der Waals surface area contributed by atoms with Crippen LogP contribution in [0.15, 0.2) is 42.5 Å². The molecule has 27 heavy (non-hydrogen) atoms. The van der Waals surface area contributed by atoms with Crippen molar-refractivity contribution in [3.63, 3.8) is 0 Å². The summed E-state index contributed by atoms with van der Waals surface area (Å²) in [5.41, 5.74) is 6.31. The molecular formula is C18H14ClN3O4S. The predicted octanol–water partition coefficient (Wildman–Crippen LogP) is 3.36. The van der Waals surface area contributed by atoms with Gasteiger partial charge >= 0.3 is 12.0 Å². The van der Waals surface area contributed by atoms with Gasteiger partial charge in [0.1, 0.15) is 0 Å². The van der Waals surface area contributed by atoms with E-state index in [1.165, 1.54) is 18.3 Å². The van der Waals surface area contributed by atoms with Crippen LogP contribution in [0.5, 0.6) is 0 Å². The first kappa shape index (κ1) is 18.8. The zero-order chi connectivity index (χ0) is 19.6. The summed E-state index contributed by atoms with van der Waals surface area (Å²) in [7, 11) is 0. The molecule has 1 unspecified atom stereocenters. The quantitative estimate of drug-likeness (QED) is 0.649. The van der Waals surface area contributed by atoms with E-state index in [0.29, 0.717) is 20.9 Å². The summed E-state index contributed by atoms with van der Waals surface area (Å²) >= 11 is 7.32. The number of fused-ring (bicyclic) bond motifs is 1. The van der Waals surface area contributed by atoms with Crippen molar-refractivity contribution in [3.05, 3.63) is 52.4 Å². The van der Waals surface area contributed by atoms with Crippen molar-refractivity contribution in [2.24, 2.45) is 5.73 Å². The van der Waals surface area contributed by atoms with Gasteiger partial charge in [-0.1, -0.05) is 29.8 Å². The largest absolute Gasteiger partial charge is 0.449 e. The summed E-state index contributed by atoms with van der Waals surface area (Å²) in [5.74, 6) is -1.52. The number of aromatic nitrogens is 1. The van der Waals surface area contributed by atoms with Gasteiger partial charge in [-0.3, -0.25) is 10.1 Å². The van der Waals surface area contributed by atoms with Crippen molar-refractivity contribution in [1.82, 2.24) is 10.3 Å². The van der Waals surface area contributed by atoms with E-state index in [9.17, 15) is 14.4 Å². The Morgan fingerprint density at radius 1 is 1.22 bits per heavy atom. The number of hydrogen-bond acceptors (Lipinski definition) is 6. The summed E-state index contributed by atoms with van der Waals surface area (Å²) in [6.07, 6.45) is -1.20. The van der Waals surface area contributed by atoms with Crippen LogP contribution >= 0.6 is 22.9 Å². The molecule has 2 heterocycles. The molecule has 3 aromatic rings. The van der Waals surface area contributed by atoms with Crippen molar-refractivity contribution in [2.75, 3.05) is 0 Å². The van der Waals surface area contributed by atoms with Crippen LogP contribution in [0.1, 0.15) is 17.3 Å². The number of amides is 3. The second-order valence-corrected chi connectivity index (χ2v) is 7.29. The Hall–Kier alpha value is -2.97. The maximum Gasteiger partial charge on any atom is 0.339 e. The fourth-order valence-corrected chi connectivity index (χ4v) is 3.43. The van der Waals surface area contributed by atoms with Crippen LogP contribution < -0.4 is 11.1 Å². The molecule has 9 heteroatoms. The van der Waals surface area contributed by atoms with Gasteiger partial charge < -0.3 is 10.5 Å². The fourth-order valence-electron chi connectivity index (χ4n) is 2.42. The number of pyridine rings is 1. The average Bonchev–Trinajstić information content (AvgIpc) is 3.06. The van der Waals surface area contributed by atoms with Crippen molar-refractivity contribution in [2.45, 2.75) is 13.0 Å². The van der Waals surface area contributed by atoms with Gasteiger partial charge in [-0.05, 0) is 31.2 Å². The van der Waals surface area contributed by atoms with Crippen LogP contribution in [0.3, 0.4) is 0 Å². The molecule has 0 spiro atoms. The maximum absolute atomic E-state index is 12.7. The Balaban J connectivity index is 1.98. The molecule has 3 amide bonds. The van der Waals surface area contributed by atoms with E-state index in [-0.39, 0.29) is 5.56 Å². The topological polar surface area (TPSA) is 111 Å². The number of esters is 1. The van der Waals surface area contributed by atoms with Gasteiger partial charge in [0.05, 0.1) is 26.0 Å². The highest BCUT2D eigenvalue weighted by Gasteiger charge is 2.22. The van der Waals surface area contributed by atoms with Gasteiger partial charge in [0.25, 0.3) is 5.91 Å². The molecule has 1 aromatic carbocycles. The van der Waals surface area contributed by atoms with Crippen LogP contribution in [0, 0.1) is 0 Å². The van der Waals surface area contributed by atoms with Crippen LogP contribution in [0.25, 0.3) is 21.5 Å². The second kappa shape index (κ2) is 7.73. The number of carbonyl (C=O) groups is 3. The Morgan fingerprint density at radius 3 is 2.63 bits per heavy atom. The summed E-state index contributed by atoms with van der Waals surface area (Å²) in [6.45, 7) is 1.35. The van der Waals surface area contributed by atoms with E-state index in [0.717, 1.165) is 4.88 Å². The van der Waals surface area contributed by atoms with Gasteiger partial charge in [0.2, 0.25) is 0 Å². The highest BCUT2D eigenvalue weighted by Crippen LogP contribution is 2.32. The van der Waals surface area contributed by atoms with Crippen molar-refractivity contribution in [3.8, 4) is 10.6 Å². The van der Waals surface area contributed by atoms with Crippen molar-refractivity contribution < 1.29 is 19.1 Å². The number of hydrogen-bond donors (Lipinski definition) is 2. The molecule has 138 valence electrons. The minimum Gasteiger partial charge on any atom is -0.449 e. The van der Waals surface area contributed by atoms with Gasteiger partial charge in [-0.25, -0.2) is 14.6 Å². The number of para-hydroxylation sites is 1. The number of nitrogens with one attached hydrogen (secondary N) is 1. The Kier molecular flexibility index (Phi) is 5.38. The Morgan fingerprint density at radius 2 is 1.96 bits per heavy atom. The van der Waals surface area contributed by atoms with Crippen molar-refractivity contribution >= 4 is 51.7 Å². The van der Waals surface area contributed by atoms with Gasteiger partial charge in [0, 0.05) is 5.39 Å². The number of thiophene rings is 1. The first-order valence-corrected chi connectivity index (χ1v) is 9.01. The Bertz CT molecular complexity index is 1050. The lowest BCUT2D eigenvalue weighted by molar-refractivity contribution is -0.127. The molecular weight excluding hydrogens is 390 g/mol. The van der Waals surface area contributed by atoms with Crippen LogP contribution in [-0.4, -0.2) is 29.0 Å². The number of primary amides is 1. The van der Waals surface area contributed by atoms with E-state index in [1.54, 1.807) is 36.4 Å². The monoisotopic (exact) mass is 403 g/mol. The molecule has 3 N–H and O–H groups in total. The molecule has 0 bridgehead atoms.